The number of carbonyl (C=O) groups is 2. The summed E-state index contributed by atoms with van der Waals surface area (Å²) < 4.78 is 5.86. The molecule has 0 spiro atoms. The average Bonchev–Trinajstić information content (AvgIpc) is 2.89. The molecule has 7 heteroatoms. The number of esters is 1. The molecule has 1 atom stereocenters. The summed E-state index contributed by atoms with van der Waals surface area (Å²) in [7, 11) is 0. The minimum Gasteiger partial charge on any atom is -0.465 e. The van der Waals surface area contributed by atoms with Gasteiger partial charge in [0.1, 0.15) is 4.88 Å². The third-order valence-corrected chi connectivity index (χ3v) is 5.02. The summed E-state index contributed by atoms with van der Waals surface area (Å²) in [4.78, 5) is 24.3. The Morgan fingerprint density at radius 2 is 2.09 bits per heavy atom. The lowest BCUT2D eigenvalue weighted by atomic mass is 10.1. The molecule has 1 aromatic carbocycles. The highest BCUT2D eigenvalue weighted by molar-refractivity contribution is 7.21. The Hall–Kier alpha value is -1.92. The van der Waals surface area contributed by atoms with Crippen molar-refractivity contribution in [1.29, 1.82) is 0 Å². The first-order valence-electron chi connectivity index (χ1n) is 7.13. The number of rotatable bonds is 5. The Bertz CT molecular complexity index is 770. The van der Waals surface area contributed by atoms with Gasteiger partial charge in [0.2, 0.25) is 0 Å². The Labute approximate surface area is 143 Å². The van der Waals surface area contributed by atoms with Crippen molar-refractivity contribution in [2.24, 2.45) is 11.0 Å². The predicted molar refractivity (Wildman–Crippen MR) is 93.2 cm³/mol. The van der Waals surface area contributed by atoms with Crippen LogP contribution in [0.1, 0.15) is 30.4 Å². The van der Waals surface area contributed by atoms with Crippen LogP contribution < -0.4 is 5.43 Å². The van der Waals surface area contributed by atoms with Gasteiger partial charge in [-0.25, -0.2) is 5.43 Å². The second-order valence-corrected chi connectivity index (χ2v) is 6.34. The highest BCUT2D eigenvalue weighted by Gasteiger charge is 2.19. The summed E-state index contributed by atoms with van der Waals surface area (Å²) in [6, 6.07) is 7.52. The maximum absolute atomic E-state index is 12.2. The largest absolute Gasteiger partial charge is 0.465 e. The Morgan fingerprint density at radius 1 is 1.39 bits per heavy atom. The second-order valence-electron chi connectivity index (χ2n) is 4.91. The zero-order valence-corrected chi connectivity index (χ0v) is 14.6. The van der Waals surface area contributed by atoms with Crippen LogP contribution in [0.25, 0.3) is 10.1 Å². The van der Waals surface area contributed by atoms with Crippen LogP contribution in [-0.4, -0.2) is 24.2 Å². The van der Waals surface area contributed by atoms with Crippen molar-refractivity contribution < 1.29 is 14.3 Å². The maximum atomic E-state index is 12.2. The van der Waals surface area contributed by atoms with E-state index in [4.69, 9.17) is 16.3 Å². The van der Waals surface area contributed by atoms with Crippen molar-refractivity contribution in [2.45, 2.75) is 20.8 Å². The van der Waals surface area contributed by atoms with E-state index in [9.17, 15) is 9.59 Å². The van der Waals surface area contributed by atoms with Crippen molar-refractivity contribution in [2.75, 3.05) is 6.61 Å². The van der Waals surface area contributed by atoms with Crippen molar-refractivity contribution in [3.8, 4) is 0 Å². The number of benzene rings is 1. The number of carbonyl (C=O) groups excluding carboxylic acids is 2. The maximum Gasteiger partial charge on any atom is 0.314 e. The number of hydrogen-bond acceptors (Lipinski definition) is 5. The van der Waals surface area contributed by atoms with E-state index in [1.807, 2.05) is 24.3 Å². The molecular formula is C16H17ClN2O3S. The van der Waals surface area contributed by atoms with E-state index in [-0.39, 0.29) is 5.97 Å². The number of ether oxygens (including phenoxy) is 1. The molecule has 0 unspecified atom stereocenters. The number of nitrogens with one attached hydrogen (secondary N) is 1. The molecule has 0 radical (unpaired) electrons. The third kappa shape index (κ3) is 3.89. The summed E-state index contributed by atoms with van der Waals surface area (Å²) >= 11 is 7.55. The number of thiophene rings is 1. The van der Waals surface area contributed by atoms with Gasteiger partial charge in [0.25, 0.3) is 5.91 Å². The summed E-state index contributed by atoms with van der Waals surface area (Å²) in [5, 5.41) is 5.23. The zero-order valence-electron chi connectivity index (χ0n) is 13.1. The molecule has 1 amide bonds. The summed E-state index contributed by atoms with van der Waals surface area (Å²) in [5.41, 5.74) is 2.91. The lowest BCUT2D eigenvalue weighted by Crippen LogP contribution is -2.25. The molecule has 0 aliphatic rings. The van der Waals surface area contributed by atoms with Gasteiger partial charge in [-0.15, -0.1) is 11.3 Å². The average molecular weight is 353 g/mol. The summed E-state index contributed by atoms with van der Waals surface area (Å²) in [6.07, 6.45) is 0. The van der Waals surface area contributed by atoms with Crippen molar-refractivity contribution in [3.63, 3.8) is 0 Å². The minimum absolute atomic E-state index is 0.306. The molecule has 0 aliphatic carbocycles. The van der Waals surface area contributed by atoms with Crippen LogP contribution in [0.3, 0.4) is 0 Å². The molecule has 5 nitrogen and oxygen atoms in total. The Balaban J connectivity index is 2.13. The second kappa shape index (κ2) is 7.57. The van der Waals surface area contributed by atoms with Gasteiger partial charge in [0, 0.05) is 15.8 Å². The molecule has 2 rings (SSSR count). The van der Waals surface area contributed by atoms with E-state index in [0.717, 1.165) is 10.1 Å². The molecule has 0 saturated carbocycles. The van der Waals surface area contributed by atoms with Gasteiger partial charge in [-0.2, -0.15) is 5.10 Å². The van der Waals surface area contributed by atoms with Crippen LogP contribution in [0, 0.1) is 5.92 Å². The molecule has 0 aliphatic heterocycles. The van der Waals surface area contributed by atoms with Gasteiger partial charge in [0.15, 0.2) is 0 Å². The van der Waals surface area contributed by atoms with Crippen LogP contribution in [-0.2, 0) is 9.53 Å². The van der Waals surface area contributed by atoms with Gasteiger partial charge >= 0.3 is 5.97 Å². The van der Waals surface area contributed by atoms with Crippen LogP contribution in [0.5, 0.6) is 0 Å². The summed E-state index contributed by atoms with van der Waals surface area (Å²) in [5.74, 6) is -1.29. The SMILES string of the molecule is CCOC(=O)[C@H](C)C(C)=NNC(=O)c1sc2ccccc2c1Cl. The highest BCUT2D eigenvalue weighted by Crippen LogP contribution is 2.34. The smallest absolute Gasteiger partial charge is 0.314 e. The highest BCUT2D eigenvalue weighted by atomic mass is 35.5. The first kappa shape index (κ1) is 17.4. The predicted octanol–water partition coefficient (Wildman–Crippen LogP) is 3.86. The first-order chi connectivity index (χ1) is 11.0. The first-order valence-corrected chi connectivity index (χ1v) is 8.33. The van der Waals surface area contributed by atoms with Crippen molar-refractivity contribution >= 4 is 50.6 Å². The van der Waals surface area contributed by atoms with Gasteiger partial charge in [-0.1, -0.05) is 29.8 Å². The topological polar surface area (TPSA) is 67.8 Å². The molecule has 1 heterocycles. The van der Waals surface area contributed by atoms with Crippen LogP contribution in [0.4, 0.5) is 0 Å². The molecule has 23 heavy (non-hydrogen) atoms. The van der Waals surface area contributed by atoms with Gasteiger partial charge < -0.3 is 4.74 Å². The number of hydrogen-bond donors (Lipinski definition) is 1. The van der Waals surface area contributed by atoms with Crippen molar-refractivity contribution in [1.82, 2.24) is 5.43 Å². The number of fused-ring (bicyclic) bond motifs is 1. The van der Waals surface area contributed by atoms with Gasteiger partial charge in [0.05, 0.1) is 17.5 Å². The minimum atomic E-state index is -0.520. The molecule has 122 valence electrons. The van der Waals surface area contributed by atoms with Gasteiger partial charge in [-0.05, 0) is 26.8 Å². The lowest BCUT2D eigenvalue weighted by Gasteiger charge is -2.09. The molecule has 0 saturated heterocycles. The number of amides is 1. The van der Waals surface area contributed by atoms with Crippen LogP contribution in [0.15, 0.2) is 29.4 Å². The molecule has 1 N–H and O–H groups in total. The fourth-order valence-corrected chi connectivity index (χ4v) is 3.29. The zero-order chi connectivity index (χ0) is 17.0. The van der Waals surface area contributed by atoms with E-state index in [1.165, 1.54) is 11.3 Å². The van der Waals surface area contributed by atoms with E-state index < -0.39 is 11.8 Å². The van der Waals surface area contributed by atoms with E-state index in [0.29, 0.717) is 22.2 Å². The Morgan fingerprint density at radius 3 is 2.74 bits per heavy atom. The molecule has 0 fully saturated rings. The summed E-state index contributed by atoms with van der Waals surface area (Å²) in [6.45, 7) is 5.38. The fraction of sp³-hybridized carbons (Fsp3) is 0.312. The number of nitrogens with zero attached hydrogens (tertiary/aromatic N) is 1. The normalized spacial score (nSPS) is 13.0. The van der Waals surface area contributed by atoms with Crippen molar-refractivity contribution in [3.05, 3.63) is 34.2 Å². The number of hydrazone groups is 1. The van der Waals surface area contributed by atoms with Crippen LogP contribution >= 0.6 is 22.9 Å². The fourth-order valence-electron chi connectivity index (χ4n) is 1.88. The standard InChI is InChI=1S/C16H17ClN2O3S/c1-4-22-16(21)9(2)10(3)18-19-15(20)14-13(17)11-7-5-6-8-12(11)23-14/h5-9H,4H2,1-3H3,(H,19,20)/t9-/m1/s1. The monoisotopic (exact) mass is 352 g/mol. The van der Waals surface area contributed by atoms with E-state index in [1.54, 1.807) is 20.8 Å². The molecule has 2 aromatic rings. The number of halogens is 1. The van der Waals surface area contributed by atoms with E-state index in [2.05, 4.69) is 10.5 Å². The quantitative estimate of drug-likeness (QED) is 0.504. The lowest BCUT2D eigenvalue weighted by molar-refractivity contribution is -0.145. The third-order valence-electron chi connectivity index (χ3n) is 3.34. The molecule has 1 aromatic heterocycles. The van der Waals surface area contributed by atoms with Gasteiger partial charge in [-0.3, -0.25) is 9.59 Å². The van der Waals surface area contributed by atoms with Crippen LogP contribution in [0.2, 0.25) is 5.02 Å². The Kier molecular flexibility index (Phi) is 5.74. The van der Waals surface area contributed by atoms with E-state index >= 15 is 0 Å². The molecular weight excluding hydrogens is 336 g/mol. The molecule has 0 bridgehead atoms.